The molecule has 19 heavy (non-hydrogen) atoms. The van der Waals surface area contributed by atoms with Gasteiger partial charge in [-0.05, 0) is 6.07 Å². The van der Waals surface area contributed by atoms with Gasteiger partial charge in [-0.1, -0.05) is 18.2 Å². The van der Waals surface area contributed by atoms with Crippen molar-refractivity contribution in [2.75, 3.05) is 0 Å². The molecule has 0 bridgehead atoms. The number of hydrogen-bond donors (Lipinski definition) is 2. The van der Waals surface area contributed by atoms with Crippen LogP contribution < -0.4 is 5.56 Å². The summed E-state index contributed by atoms with van der Waals surface area (Å²) >= 11 is 0. The van der Waals surface area contributed by atoms with E-state index < -0.39 is 0 Å². The number of benzene rings is 1. The highest BCUT2D eigenvalue weighted by Crippen LogP contribution is 2.18. The number of fused-ring (bicyclic) bond motifs is 1. The summed E-state index contributed by atoms with van der Waals surface area (Å²) in [6.07, 6.45) is 2.97. The van der Waals surface area contributed by atoms with Gasteiger partial charge >= 0.3 is 0 Å². The zero-order valence-electron chi connectivity index (χ0n) is 9.87. The molecular weight excluding hydrogens is 244 g/mol. The maximum absolute atomic E-state index is 11.0. The minimum Gasteiger partial charge on any atom is -0.361 e. The molecule has 0 spiro atoms. The molecule has 3 aromatic rings. The first kappa shape index (κ1) is 11.3. The molecular formula is C12H10N6O. The van der Waals surface area contributed by atoms with Crippen molar-refractivity contribution in [2.45, 2.75) is 6.54 Å². The Hall–Kier alpha value is -2.83. The smallest absolute Gasteiger partial charge is 0.271 e. The average molecular weight is 254 g/mol. The molecule has 0 aliphatic heterocycles. The number of aromatic amines is 2. The Morgan fingerprint density at radius 1 is 1.26 bits per heavy atom. The summed E-state index contributed by atoms with van der Waals surface area (Å²) in [6.45, 7) is 0.405. The van der Waals surface area contributed by atoms with Crippen molar-refractivity contribution in [3.05, 3.63) is 52.6 Å². The first-order valence-electron chi connectivity index (χ1n) is 5.67. The molecule has 2 aromatic heterocycles. The highest BCUT2D eigenvalue weighted by Gasteiger charge is 2.01. The molecule has 0 aliphatic rings. The molecule has 0 saturated carbocycles. The van der Waals surface area contributed by atoms with Gasteiger partial charge in [-0.2, -0.15) is 5.11 Å². The Labute approximate surface area is 107 Å². The maximum atomic E-state index is 11.0. The number of para-hydroxylation sites is 1. The molecule has 3 rings (SSSR count). The quantitative estimate of drug-likeness (QED) is 0.698. The molecule has 0 saturated heterocycles. The Bertz CT molecular complexity index is 788. The van der Waals surface area contributed by atoms with Gasteiger partial charge in [0.25, 0.3) is 11.5 Å². The summed E-state index contributed by atoms with van der Waals surface area (Å²) in [6, 6.07) is 7.95. The molecule has 0 unspecified atom stereocenters. The number of nitrogens with one attached hydrogen (secondary N) is 2. The van der Waals surface area contributed by atoms with Gasteiger partial charge in [-0.25, -0.2) is 0 Å². The molecule has 0 radical (unpaired) electrons. The summed E-state index contributed by atoms with van der Waals surface area (Å²) in [5, 5.41) is 16.1. The molecule has 2 N–H and O–H groups in total. The first-order valence-corrected chi connectivity index (χ1v) is 5.67. The van der Waals surface area contributed by atoms with Crippen LogP contribution in [0.25, 0.3) is 10.9 Å². The fraction of sp³-hybridized carbons (Fsp3) is 0.0833. The van der Waals surface area contributed by atoms with Crippen LogP contribution in [0.15, 0.2) is 51.7 Å². The van der Waals surface area contributed by atoms with Crippen molar-refractivity contribution in [3.8, 4) is 0 Å². The number of aromatic nitrogens is 4. The molecule has 94 valence electrons. The molecule has 0 fully saturated rings. The third kappa shape index (κ3) is 2.39. The van der Waals surface area contributed by atoms with E-state index in [1.807, 2.05) is 30.5 Å². The van der Waals surface area contributed by atoms with Crippen molar-refractivity contribution in [3.63, 3.8) is 0 Å². The normalized spacial score (nSPS) is 11.4. The van der Waals surface area contributed by atoms with Crippen LogP contribution in [0.5, 0.6) is 0 Å². The van der Waals surface area contributed by atoms with Crippen LogP contribution in [0.4, 0.5) is 5.95 Å². The lowest BCUT2D eigenvalue weighted by Gasteiger charge is -1.93. The Kier molecular flexibility index (Phi) is 2.85. The SMILES string of the molecule is O=c1cnnc(N=NCc2c[nH]c3ccccc23)[nH]1. The maximum Gasteiger partial charge on any atom is 0.271 e. The van der Waals surface area contributed by atoms with Gasteiger partial charge in [0.2, 0.25) is 0 Å². The van der Waals surface area contributed by atoms with Crippen LogP contribution >= 0.6 is 0 Å². The van der Waals surface area contributed by atoms with Crippen LogP contribution in [0.1, 0.15) is 5.56 Å². The van der Waals surface area contributed by atoms with Crippen molar-refractivity contribution >= 4 is 16.9 Å². The second kappa shape index (κ2) is 4.81. The number of hydrogen-bond acceptors (Lipinski definition) is 5. The molecule has 0 atom stereocenters. The van der Waals surface area contributed by atoms with Crippen LogP contribution in [0.3, 0.4) is 0 Å². The number of nitrogens with zero attached hydrogens (tertiary/aromatic N) is 4. The summed E-state index contributed by atoms with van der Waals surface area (Å²) in [5.74, 6) is 0.104. The monoisotopic (exact) mass is 254 g/mol. The number of rotatable bonds is 3. The summed E-state index contributed by atoms with van der Waals surface area (Å²) in [7, 11) is 0. The van der Waals surface area contributed by atoms with Crippen molar-refractivity contribution in [2.24, 2.45) is 10.2 Å². The largest absolute Gasteiger partial charge is 0.361 e. The van der Waals surface area contributed by atoms with E-state index in [2.05, 4.69) is 30.4 Å². The van der Waals surface area contributed by atoms with E-state index in [0.29, 0.717) is 6.54 Å². The highest BCUT2D eigenvalue weighted by molar-refractivity contribution is 5.82. The van der Waals surface area contributed by atoms with Gasteiger partial charge in [0.05, 0.1) is 6.54 Å². The zero-order chi connectivity index (χ0) is 13.1. The van der Waals surface area contributed by atoms with E-state index in [9.17, 15) is 4.79 Å². The van der Waals surface area contributed by atoms with Gasteiger partial charge in [0, 0.05) is 22.7 Å². The zero-order valence-corrected chi connectivity index (χ0v) is 9.87. The number of H-pyrrole nitrogens is 2. The average Bonchev–Trinajstić information content (AvgIpc) is 2.83. The lowest BCUT2D eigenvalue weighted by molar-refractivity contribution is 0.877. The Balaban J connectivity index is 1.81. The third-order valence-electron chi connectivity index (χ3n) is 2.64. The topological polar surface area (TPSA) is 99.1 Å². The number of azo groups is 1. The van der Waals surface area contributed by atoms with Crippen LogP contribution in [0.2, 0.25) is 0 Å². The van der Waals surface area contributed by atoms with E-state index in [4.69, 9.17) is 0 Å². The standard InChI is InChI=1S/C12H10N6O/c19-11-7-15-18-12(16-11)17-14-6-8-5-13-10-4-2-1-3-9(8)10/h1-5,7,13H,6H2,(H,16,18,19). The Morgan fingerprint density at radius 3 is 3.05 bits per heavy atom. The summed E-state index contributed by atoms with van der Waals surface area (Å²) in [4.78, 5) is 16.6. The van der Waals surface area contributed by atoms with Crippen LogP contribution in [-0.4, -0.2) is 20.2 Å². The minimum atomic E-state index is -0.351. The van der Waals surface area contributed by atoms with Crippen molar-refractivity contribution < 1.29 is 0 Å². The lowest BCUT2D eigenvalue weighted by atomic mass is 10.2. The first-order chi connectivity index (χ1) is 9.33. The Morgan fingerprint density at radius 2 is 2.16 bits per heavy atom. The predicted octanol–water partition coefficient (Wildman–Crippen LogP) is 1.93. The van der Waals surface area contributed by atoms with E-state index in [1.54, 1.807) is 0 Å². The fourth-order valence-electron chi connectivity index (χ4n) is 1.79. The highest BCUT2D eigenvalue weighted by atomic mass is 16.1. The van der Waals surface area contributed by atoms with E-state index in [0.717, 1.165) is 22.7 Å². The van der Waals surface area contributed by atoms with Crippen LogP contribution in [0, 0.1) is 0 Å². The van der Waals surface area contributed by atoms with Crippen LogP contribution in [-0.2, 0) is 6.54 Å². The van der Waals surface area contributed by atoms with E-state index in [-0.39, 0.29) is 11.5 Å². The van der Waals surface area contributed by atoms with Gasteiger partial charge in [0.1, 0.15) is 6.20 Å². The summed E-state index contributed by atoms with van der Waals surface area (Å²) in [5.41, 5.74) is 1.74. The lowest BCUT2D eigenvalue weighted by Crippen LogP contribution is -2.05. The minimum absolute atomic E-state index is 0.104. The van der Waals surface area contributed by atoms with Gasteiger partial charge in [-0.15, -0.1) is 15.3 Å². The van der Waals surface area contributed by atoms with E-state index in [1.165, 1.54) is 0 Å². The predicted molar refractivity (Wildman–Crippen MR) is 69.2 cm³/mol. The fourth-order valence-corrected chi connectivity index (χ4v) is 1.79. The van der Waals surface area contributed by atoms with E-state index >= 15 is 0 Å². The van der Waals surface area contributed by atoms with Crippen molar-refractivity contribution in [1.82, 2.24) is 20.2 Å². The van der Waals surface area contributed by atoms with Gasteiger partial charge in [-0.3, -0.25) is 9.78 Å². The van der Waals surface area contributed by atoms with Gasteiger partial charge < -0.3 is 4.98 Å². The molecule has 7 nitrogen and oxygen atoms in total. The molecule has 1 aromatic carbocycles. The second-order valence-corrected chi connectivity index (χ2v) is 3.92. The second-order valence-electron chi connectivity index (χ2n) is 3.92. The van der Waals surface area contributed by atoms with Crippen molar-refractivity contribution in [1.29, 1.82) is 0 Å². The molecule has 2 heterocycles. The molecule has 0 aliphatic carbocycles. The summed E-state index contributed by atoms with van der Waals surface area (Å²) < 4.78 is 0. The third-order valence-corrected chi connectivity index (χ3v) is 2.64. The van der Waals surface area contributed by atoms with Gasteiger partial charge in [0.15, 0.2) is 0 Å². The molecule has 0 amide bonds. The molecule has 7 heteroatoms.